The van der Waals surface area contributed by atoms with Crippen molar-refractivity contribution in [3.05, 3.63) is 58.1 Å². The van der Waals surface area contributed by atoms with E-state index in [4.69, 9.17) is 26.2 Å². The van der Waals surface area contributed by atoms with E-state index in [-0.39, 0.29) is 5.91 Å². The van der Waals surface area contributed by atoms with Gasteiger partial charge in [0.25, 0.3) is 5.91 Å². The second-order valence-electron chi connectivity index (χ2n) is 6.17. The van der Waals surface area contributed by atoms with Gasteiger partial charge in [-0.05, 0) is 54.8 Å². The van der Waals surface area contributed by atoms with Crippen LogP contribution >= 0.6 is 11.6 Å². The SMILES string of the molecule is CCOc1cc(C(=O)N2CCc3cc(Cl)ccc3C2)ccc1OCC(=O)O. The molecule has 142 valence electrons. The van der Waals surface area contributed by atoms with Crippen LogP contribution in [0.1, 0.15) is 28.4 Å². The number of amides is 1. The lowest BCUT2D eigenvalue weighted by Crippen LogP contribution is -2.35. The molecule has 1 heterocycles. The summed E-state index contributed by atoms with van der Waals surface area (Å²) in [7, 11) is 0. The number of rotatable bonds is 6. The lowest BCUT2D eigenvalue weighted by Gasteiger charge is -2.29. The van der Waals surface area contributed by atoms with Crippen LogP contribution in [0.15, 0.2) is 36.4 Å². The molecule has 27 heavy (non-hydrogen) atoms. The predicted octanol–water partition coefficient (Wildman–Crippen LogP) is 3.40. The summed E-state index contributed by atoms with van der Waals surface area (Å²) >= 11 is 6.04. The second-order valence-corrected chi connectivity index (χ2v) is 6.60. The zero-order chi connectivity index (χ0) is 19.4. The van der Waals surface area contributed by atoms with E-state index in [1.54, 1.807) is 23.1 Å². The number of hydrogen-bond donors (Lipinski definition) is 1. The molecular weight excluding hydrogens is 370 g/mol. The normalized spacial score (nSPS) is 13.0. The van der Waals surface area contributed by atoms with E-state index in [1.807, 2.05) is 25.1 Å². The Kier molecular flexibility index (Phi) is 5.86. The molecule has 7 heteroatoms. The van der Waals surface area contributed by atoms with E-state index in [2.05, 4.69) is 0 Å². The Morgan fingerprint density at radius 1 is 1.11 bits per heavy atom. The van der Waals surface area contributed by atoms with Crippen LogP contribution in [0.3, 0.4) is 0 Å². The highest BCUT2D eigenvalue weighted by atomic mass is 35.5. The maximum absolute atomic E-state index is 12.9. The number of fused-ring (bicyclic) bond motifs is 1. The fourth-order valence-corrected chi connectivity index (χ4v) is 3.24. The van der Waals surface area contributed by atoms with Gasteiger partial charge in [0.1, 0.15) is 0 Å². The van der Waals surface area contributed by atoms with Gasteiger partial charge in [-0.1, -0.05) is 17.7 Å². The summed E-state index contributed by atoms with van der Waals surface area (Å²) in [6.45, 7) is 2.83. The van der Waals surface area contributed by atoms with Crippen molar-refractivity contribution in [3.8, 4) is 11.5 Å². The number of carbonyl (C=O) groups is 2. The molecule has 1 N–H and O–H groups in total. The van der Waals surface area contributed by atoms with Gasteiger partial charge < -0.3 is 19.5 Å². The number of hydrogen-bond acceptors (Lipinski definition) is 4. The molecule has 0 spiro atoms. The van der Waals surface area contributed by atoms with Crippen LogP contribution in [0.2, 0.25) is 5.02 Å². The highest BCUT2D eigenvalue weighted by Gasteiger charge is 2.23. The minimum Gasteiger partial charge on any atom is -0.490 e. The number of halogens is 1. The summed E-state index contributed by atoms with van der Waals surface area (Å²) in [4.78, 5) is 25.4. The molecule has 0 aromatic heterocycles. The molecule has 0 bridgehead atoms. The monoisotopic (exact) mass is 389 g/mol. The maximum atomic E-state index is 12.9. The minimum absolute atomic E-state index is 0.110. The van der Waals surface area contributed by atoms with E-state index in [0.717, 1.165) is 12.0 Å². The number of carboxylic acids is 1. The number of benzene rings is 2. The lowest BCUT2D eigenvalue weighted by molar-refractivity contribution is -0.139. The number of nitrogens with zero attached hydrogens (tertiary/aromatic N) is 1. The molecule has 2 aromatic rings. The van der Waals surface area contributed by atoms with Gasteiger partial charge in [-0.15, -0.1) is 0 Å². The maximum Gasteiger partial charge on any atom is 0.341 e. The molecule has 2 aromatic carbocycles. The first kappa shape index (κ1) is 19.0. The van der Waals surface area contributed by atoms with Crippen molar-refractivity contribution in [2.24, 2.45) is 0 Å². The van der Waals surface area contributed by atoms with Crippen molar-refractivity contribution in [1.82, 2.24) is 4.90 Å². The van der Waals surface area contributed by atoms with E-state index in [0.29, 0.717) is 41.8 Å². The molecule has 0 aliphatic carbocycles. The smallest absolute Gasteiger partial charge is 0.341 e. The number of ether oxygens (including phenoxy) is 2. The van der Waals surface area contributed by atoms with Gasteiger partial charge in [0.05, 0.1) is 6.61 Å². The van der Waals surface area contributed by atoms with Crippen molar-refractivity contribution in [2.75, 3.05) is 19.8 Å². The van der Waals surface area contributed by atoms with Gasteiger partial charge in [0, 0.05) is 23.7 Å². The van der Waals surface area contributed by atoms with E-state index >= 15 is 0 Å². The molecule has 0 fully saturated rings. The summed E-state index contributed by atoms with van der Waals surface area (Å²) in [5.41, 5.74) is 2.72. The molecule has 1 aliphatic heterocycles. The zero-order valence-electron chi connectivity index (χ0n) is 14.9. The van der Waals surface area contributed by atoms with Crippen molar-refractivity contribution < 1.29 is 24.2 Å². The number of carbonyl (C=O) groups excluding carboxylic acids is 1. The summed E-state index contributed by atoms with van der Waals surface area (Å²) in [6.07, 6.45) is 0.750. The van der Waals surface area contributed by atoms with Crippen LogP contribution in [-0.2, 0) is 17.8 Å². The Morgan fingerprint density at radius 2 is 1.93 bits per heavy atom. The standard InChI is InChI=1S/C20H20ClNO5/c1-2-26-18-10-14(4-6-17(18)27-12-19(23)24)20(25)22-8-7-13-9-16(21)5-3-15(13)11-22/h3-6,9-10H,2,7-8,11-12H2,1H3,(H,23,24). The summed E-state index contributed by atoms with van der Waals surface area (Å²) in [5, 5.41) is 9.47. The van der Waals surface area contributed by atoms with Crippen molar-refractivity contribution in [3.63, 3.8) is 0 Å². The summed E-state index contributed by atoms with van der Waals surface area (Å²) < 4.78 is 10.7. The van der Waals surface area contributed by atoms with Crippen LogP contribution in [0.4, 0.5) is 0 Å². The zero-order valence-corrected chi connectivity index (χ0v) is 15.7. The number of aliphatic carboxylic acids is 1. The Bertz CT molecular complexity index is 867. The van der Waals surface area contributed by atoms with Gasteiger partial charge in [-0.2, -0.15) is 0 Å². The molecule has 0 radical (unpaired) electrons. The first-order chi connectivity index (χ1) is 13.0. The molecule has 0 saturated carbocycles. The van der Waals surface area contributed by atoms with Crippen molar-refractivity contribution in [2.45, 2.75) is 19.9 Å². The van der Waals surface area contributed by atoms with E-state index in [9.17, 15) is 9.59 Å². The quantitative estimate of drug-likeness (QED) is 0.819. The molecule has 3 rings (SSSR count). The van der Waals surface area contributed by atoms with Crippen molar-refractivity contribution >= 4 is 23.5 Å². The first-order valence-electron chi connectivity index (χ1n) is 8.66. The van der Waals surface area contributed by atoms with Gasteiger partial charge in [-0.3, -0.25) is 4.79 Å². The van der Waals surface area contributed by atoms with Crippen LogP contribution in [0, 0.1) is 0 Å². The largest absolute Gasteiger partial charge is 0.490 e. The topological polar surface area (TPSA) is 76.1 Å². The fraction of sp³-hybridized carbons (Fsp3) is 0.300. The van der Waals surface area contributed by atoms with Gasteiger partial charge in [-0.25, -0.2) is 4.79 Å². The summed E-state index contributed by atoms with van der Waals surface area (Å²) in [6, 6.07) is 10.5. The Morgan fingerprint density at radius 3 is 2.67 bits per heavy atom. The molecule has 1 amide bonds. The van der Waals surface area contributed by atoms with Crippen LogP contribution in [0.25, 0.3) is 0 Å². The van der Waals surface area contributed by atoms with Crippen molar-refractivity contribution in [1.29, 1.82) is 0 Å². The third kappa shape index (κ3) is 4.52. The molecule has 0 saturated heterocycles. The summed E-state index contributed by atoms with van der Waals surface area (Å²) in [5.74, 6) is -0.533. The highest BCUT2D eigenvalue weighted by Crippen LogP contribution is 2.30. The third-order valence-electron chi connectivity index (χ3n) is 4.31. The Labute approximate surface area is 162 Å². The predicted molar refractivity (Wildman–Crippen MR) is 101 cm³/mol. The highest BCUT2D eigenvalue weighted by molar-refractivity contribution is 6.30. The average molecular weight is 390 g/mol. The number of carboxylic acid groups (broad SMARTS) is 1. The van der Waals surface area contributed by atoms with Gasteiger partial charge >= 0.3 is 5.97 Å². The minimum atomic E-state index is -1.08. The second kappa shape index (κ2) is 8.31. The first-order valence-corrected chi connectivity index (χ1v) is 9.03. The van der Waals surface area contributed by atoms with Gasteiger partial charge in [0.2, 0.25) is 0 Å². The van der Waals surface area contributed by atoms with E-state index in [1.165, 1.54) is 5.56 Å². The third-order valence-corrected chi connectivity index (χ3v) is 4.54. The Balaban J connectivity index is 1.79. The molecule has 0 atom stereocenters. The fourth-order valence-electron chi connectivity index (χ4n) is 3.05. The lowest BCUT2D eigenvalue weighted by atomic mass is 9.99. The van der Waals surface area contributed by atoms with Crippen LogP contribution < -0.4 is 9.47 Å². The van der Waals surface area contributed by atoms with Gasteiger partial charge in [0.15, 0.2) is 18.1 Å². The Hall–Kier alpha value is -2.73. The molecule has 0 unspecified atom stereocenters. The molecule has 6 nitrogen and oxygen atoms in total. The van der Waals surface area contributed by atoms with Crippen LogP contribution in [-0.4, -0.2) is 41.6 Å². The van der Waals surface area contributed by atoms with Crippen LogP contribution in [0.5, 0.6) is 11.5 Å². The average Bonchev–Trinajstić information content (AvgIpc) is 2.66. The molecular formula is C20H20ClNO5. The van der Waals surface area contributed by atoms with E-state index < -0.39 is 12.6 Å². The molecule has 1 aliphatic rings.